The average Bonchev–Trinajstić information content (AvgIpc) is 1.65. The number of halogens is 3. The van der Waals surface area contributed by atoms with Crippen molar-refractivity contribution in [3.8, 4) is 0 Å². The molecular formula is C4H9F3S2. The highest BCUT2D eigenvalue weighted by Gasteiger charge is 1.86. The third-order valence-electron chi connectivity index (χ3n) is 0.365. The molecule has 0 heterocycles. The van der Waals surface area contributed by atoms with Gasteiger partial charge in [0.15, 0.2) is 0 Å². The second-order valence-electron chi connectivity index (χ2n) is 1.14. The number of hydrogen-bond acceptors (Lipinski definition) is 2. The van der Waals surface area contributed by atoms with Gasteiger partial charge in [0.05, 0.1) is 0 Å². The van der Waals surface area contributed by atoms with E-state index in [0.29, 0.717) is 0 Å². The highest BCUT2D eigenvalue weighted by atomic mass is 32.2. The molecule has 58 valence electrons. The van der Waals surface area contributed by atoms with Crippen LogP contribution in [-0.4, -0.2) is 11.3 Å². The molecule has 0 radical (unpaired) electrons. The third kappa shape index (κ3) is 57.7. The Morgan fingerprint density at radius 3 is 1.33 bits per heavy atom. The first-order valence-electron chi connectivity index (χ1n) is 2.29. The van der Waals surface area contributed by atoms with Crippen LogP contribution >= 0.6 is 25.3 Å². The van der Waals surface area contributed by atoms with Crippen molar-refractivity contribution >= 4 is 25.3 Å². The first-order chi connectivity index (χ1) is 4.00. The summed E-state index contributed by atoms with van der Waals surface area (Å²) in [6, 6.07) is 0. The predicted octanol–water partition coefficient (Wildman–Crippen LogP) is 2.76. The molecule has 0 fully saturated rings. The molecule has 0 saturated heterocycles. The molecule has 0 amide bonds. The largest absolute Gasteiger partial charge is 0.379 e. The van der Waals surface area contributed by atoms with Crippen LogP contribution in [0.4, 0.5) is 13.2 Å². The van der Waals surface area contributed by atoms with E-state index in [4.69, 9.17) is 0 Å². The van der Waals surface area contributed by atoms with Crippen LogP contribution in [0.15, 0.2) is 0 Å². The third-order valence-corrected chi connectivity index (χ3v) is 1.10. The molecule has 0 nitrogen and oxygen atoms in total. The maximum Gasteiger partial charge on any atom is 0.379 e. The SMILES string of the molecule is CCC(S)S.FC(F)F. The van der Waals surface area contributed by atoms with Crippen LogP contribution in [-0.2, 0) is 0 Å². The van der Waals surface area contributed by atoms with Gasteiger partial charge in [0.25, 0.3) is 0 Å². The summed E-state index contributed by atoms with van der Waals surface area (Å²) in [6.45, 7) is -1.62. The molecule has 0 saturated carbocycles. The fraction of sp³-hybridized carbons (Fsp3) is 1.00. The van der Waals surface area contributed by atoms with Gasteiger partial charge in [0, 0.05) is 4.58 Å². The van der Waals surface area contributed by atoms with Crippen LogP contribution in [0, 0.1) is 0 Å². The molecule has 0 aromatic heterocycles. The lowest BCUT2D eigenvalue weighted by Gasteiger charge is -1.89. The zero-order valence-corrected chi connectivity index (χ0v) is 6.68. The standard InChI is InChI=1S/C3H8S2.CHF3/c1-2-3(4)5;2-1(3)4/h3-5H,2H2,1H3;1H. The Morgan fingerprint density at radius 2 is 1.33 bits per heavy atom. The smallest absolute Gasteiger partial charge is 0.174 e. The lowest BCUT2D eigenvalue weighted by atomic mass is 10.6. The fourth-order valence-corrected chi connectivity index (χ4v) is 0. The summed E-state index contributed by atoms with van der Waals surface area (Å²) in [5.41, 5.74) is 0. The number of thiol groups is 2. The van der Waals surface area contributed by atoms with Crippen molar-refractivity contribution in [1.29, 1.82) is 0 Å². The van der Waals surface area contributed by atoms with Gasteiger partial charge in [-0.1, -0.05) is 6.92 Å². The molecule has 0 aliphatic rings. The van der Waals surface area contributed by atoms with E-state index in [1.807, 2.05) is 6.92 Å². The molecule has 0 bridgehead atoms. The van der Waals surface area contributed by atoms with Gasteiger partial charge >= 0.3 is 6.68 Å². The van der Waals surface area contributed by atoms with Gasteiger partial charge in [0.2, 0.25) is 0 Å². The van der Waals surface area contributed by atoms with E-state index in [2.05, 4.69) is 25.3 Å². The van der Waals surface area contributed by atoms with Crippen molar-refractivity contribution in [2.45, 2.75) is 24.6 Å². The van der Waals surface area contributed by atoms with Gasteiger partial charge < -0.3 is 0 Å². The summed E-state index contributed by atoms with van der Waals surface area (Å²) in [4.78, 5) is 0. The molecule has 0 aromatic rings. The molecular weight excluding hydrogens is 169 g/mol. The van der Waals surface area contributed by atoms with E-state index in [1.54, 1.807) is 0 Å². The molecule has 5 heteroatoms. The van der Waals surface area contributed by atoms with Crippen LogP contribution in [0.2, 0.25) is 0 Å². The first-order valence-corrected chi connectivity index (χ1v) is 3.32. The van der Waals surface area contributed by atoms with E-state index < -0.39 is 6.68 Å². The van der Waals surface area contributed by atoms with Gasteiger partial charge in [0.1, 0.15) is 0 Å². The summed E-state index contributed by atoms with van der Waals surface area (Å²) in [7, 11) is 0. The van der Waals surface area contributed by atoms with Crippen LogP contribution in [0.5, 0.6) is 0 Å². The second kappa shape index (κ2) is 8.49. The Balaban J connectivity index is 0. The quantitative estimate of drug-likeness (QED) is 0.447. The van der Waals surface area contributed by atoms with Gasteiger partial charge in [-0.15, -0.1) is 0 Å². The van der Waals surface area contributed by atoms with Gasteiger partial charge in [-0.3, -0.25) is 0 Å². The van der Waals surface area contributed by atoms with Gasteiger partial charge in [-0.2, -0.15) is 38.4 Å². The van der Waals surface area contributed by atoms with E-state index in [-0.39, 0.29) is 4.58 Å². The highest BCUT2D eigenvalue weighted by molar-refractivity contribution is 7.99. The summed E-state index contributed by atoms with van der Waals surface area (Å²) >= 11 is 7.92. The van der Waals surface area contributed by atoms with Crippen molar-refractivity contribution in [3.63, 3.8) is 0 Å². The minimum atomic E-state index is -3.67. The van der Waals surface area contributed by atoms with E-state index in [0.717, 1.165) is 6.42 Å². The topological polar surface area (TPSA) is 0 Å². The second-order valence-corrected chi connectivity index (χ2v) is 2.79. The van der Waals surface area contributed by atoms with Crippen LogP contribution in [0.1, 0.15) is 13.3 Å². The lowest BCUT2D eigenvalue weighted by Crippen LogP contribution is -1.76. The van der Waals surface area contributed by atoms with Crippen molar-refractivity contribution < 1.29 is 13.2 Å². The number of alkyl halides is 3. The highest BCUT2D eigenvalue weighted by Crippen LogP contribution is 2.01. The van der Waals surface area contributed by atoms with Crippen LogP contribution in [0.25, 0.3) is 0 Å². The maximum absolute atomic E-state index is 9.67. The Hall–Kier alpha value is 0.490. The molecule has 0 unspecified atom stereocenters. The summed E-state index contributed by atoms with van der Waals surface area (Å²) in [5, 5.41) is 0. The molecule has 0 rings (SSSR count). The summed E-state index contributed by atoms with van der Waals surface area (Å²) < 4.78 is 29.3. The molecule has 0 N–H and O–H groups in total. The lowest BCUT2D eigenvalue weighted by molar-refractivity contribution is 0.00819. The minimum absolute atomic E-state index is 0.273. The molecule has 9 heavy (non-hydrogen) atoms. The van der Waals surface area contributed by atoms with E-state index >= 15 is 0 Å². The average molecular weight is 178 g/mol. The Labute approximate surface area is 63.6 Å². The fourth-order valence-electron chi connectivity index (χ4n) is 0. The summed E-state index contributed by atoms with van der Waals surface area (Å²) in [6.07, 6.45) is 1.03. The van der Waals surface area contributed by atoms with Gasteiger partial charge in [-0.05, 0) is 6.42 Å². The number of hydrogen-bond donors (Lipinski definition) is 2. The Kier molecular flexibility index (Phi) is 11.5. The maximum atomic E-state index is 9.67. The Bertz CT molecular complexity index is 46.3. The Morgan fingerprint density at radius 1 is 1.22 bits per heavy atom. The predicted molar refractivity (Wildman–Crippen MR) is 39.2 cm³/mol. The van der Waals surface area contributed by atoms with E-state index in [9.17, 15) is 13.2 Å². The van der Waals surface area contributed by atoms with Crippen molar-refractivity contribution in [1.82, 2.24) is 0 Å². The zero-order valence-electron chi connectivity index (χ0n) is 4.89. The summed E-state index contributed by atoms with van der Waals surface area (Å²) in [5.74, 6) is 0. The minimum Gasteiger partial charge on any atom is -0.174 e. The van der Waals surface area contributed by atoms with Crippen molar-refractivity contribution in [2.24, 2.45) is 0 Å². The van der Waals surface area contributed by atoms with Crippen molar-refractivity contribution in [3.05, 3.63) is 0 Å². The zero-order chi connectivity index (χ0) is 7.86. The molecule has 0 aromatic carbocycles. The molecule has 0 atom stereocenters. The van der Waals surface area contributed by atoms with Gasteiger partial charge in [-0.25, -0.2) is 0 Å². The molecule has 0 aliphatic carbocycles. The van der Waals surface area contributed by atoms with Crippen LogP contribution in [0.3, 0.4) is 0 Å². The normalized spacial score (nSPS) is 9.33. The molecule has 0 spiro atoms. The monoisotopic (exact) mass is 178 g/mol. The van der Waals surface area contributed by atoms with Crippen LogP contribution < -0.4 is 0 Å². The van der Waals surface area contributed by atoms with E-state index in [1.165, 1.54) is 0 Å². The first kappa shape index (κ1) is 12.2. The van der Waals surface area contributed by atoms with Crippen molar-refractivity contribution in [2.75, 3.05) is 0 Å². The number of rotatable bonds is 1. The molecule has 0 aliphatic heterocycles.